The fraction of sp³-hybridized carbons (Fsp3) is 0.0455. The smallest absolute Gasteiger partial charge is 0.273 e. The Morgan fingerprint density at radius 1 is 1.13 bits per heavy atom. The molecule has 0 spiro atoms. The summed E-state index contributed by atoms with van der Waals surface area (Å²) in [4.78, 5) is 30.2. The lowest BCUT2D eigenvalue weighted by Gasteiger charge is -2.14. The molecular weight excluding hydrogens is 409 g/mol. The van der Waals surface area contributed by atoms with E-state index in [2.05, 4.69) is 10.3 Å². The highest BCUT2D eigenvalue weighted by atomic mass is 35.5. The summed E-state index contributed by atoms with van der Waals surface area (Å²) < 4.78 is 14.9. The second kappa shape index (κ2) is 7.96. The van der Waals surface area contributed by atoms with E-state index in [0.29, 0.717) is 5.02 Å². The van der Waals surface area contributed by atoms with Gasteiger partial charge in [-0.05, 0) is 48.0 Å². The molecule has 2 aromatic heterocycles. The number of nitrogens with one attached hydrogen (secondary N) is 1. The minimum absolute atomic E-state index is 0.101. The first-order valence-electron chi connectivity index (χ1n) is 8.97. The minimum Gasteiger partial charge on any atom is -0.506 e. The van der Waals surface area contributed by atoms with Gasteiger partial charge >= 0.3 is 0 Å². The van der Waals surface area contributed by atoms with E-state index in [1.807, 2.05) is 0 Å². The summed E-state index contributed by atoms with van der Waals surface area (Å²) in [6, 6.07) is 15.3. The number of fused-ring (bicyclic) bond motifs is 1. The van der Waals surface area contributed by atoms with Crippen molar-refractivity contribution in [3.05, 3.63) is 99.2 Å². The van der Waals surface area contributed by atoms with Crippen LogP contribution >= 0.6 is 11.6 Å². The maximum Gasteiger partial charge on any atom is 0.273 e. The Morgan fingerprint density at radius 3 is 2.70 bits per heavy atom. The predicted molar refractivity (Wildman–Crippen MR) is 112 cm³/mol. The average Bonchev–Trinajstić information content (AvgIpc) is 2.73. The molecule has 4 aromatic rings. The molecule has 2 aromatic carbocycles. The monoisotopic (exact) mass is 423 g/mol. The number of rotatable bonds is 4. The van der Waals surface area contributed by atoms with Crippen LogP contribution in [0.3, 0.4) is 0 Å². The molecule has 0 radical (unpaired) electrons. The molecular formula is C22H15ClFN3O3. The third kappa shape index (κ3) is 3.62. The van der Waals surface area contributed by atoms with Crippen LogP contribution in [0.4, 0.5) is 4.39 Å². The number of amides is 1. The Balaban J connectivity index is 1.84. The number of aromatic hydroxyl groups is 1. The second-order valence-electron chi connectivity index (χ2n) is 6.53. The van der Waals surface area contributed by atoms with E-state index in [1.165, 1.54) is 30.5 Å². The fourth-order valence-corrected chi connectivity index (χ4v) is 3.39. The molecule has 0 saturated carbocycles. The van der Waals surface area contributed by atoms with E-state index in [0.717, 1.165) is 16.2 Å². The summed E-state index contributed by atoms with van der Waals surface area (Å²) >= 11 is 5.95. The van der Waals surface area contributed by atoms with E-state index in [-0.39, 0.29) is 23.3 Å². The van der Waals surface area contributed by atoms with Crippen molar-refractivity contribution in [1.29, 1.82) is 0 Å². The summed E-state index contributed by atoms with van der Waals surface area (Å²) in [5.41, 5.74) is -0.248. The molecule has 6 nitrogen and oxygen atoms in total. The average molecular weight is 424 g/mol. The molecule has 8 heteroatoms. The van der Waals surface area contributed by atoms with Gasteiger partial charge in [-0.2, -0.15) is 0 Å². The van der Waals surface area contributed by atoms with E-state index >= 15 is 0 Å². The second-order valence-corrected chi connectivity index (χ2v) is 6.97. The molecule has 2 heterocycles. The summed E-state index contributed by atoms with van der Waals surface area (Å²) in [6.45, 7) is 0.101. The molecule has 0 saturated heterocycles. The van der Waals surface area contributed by atoms with E-state index in [9.17, 15) is 19.1 Å². The zero-order valence-electron chi connectivity index (χ0n) is 15.5. The molecule has 0 aliphatic carbocycles. The molecule has 30 heavy (non-hydrogen) atoms. The van der Waals surface area contributed by atoms with Gasteiger partial charge < -0.3 is 10.4 Å². The maximum atomic E-state index is 13.8. The molecule has 0 fully saturated rings. The molecule has 2 N–H and O–H groups in total. The number of halogens is 2. The number of hydrogen-bond donors (Lipinski definition) is 2. The quantitative estimate of drug-likeness (QED) is 0.522. The van der Waals surface area contributed by atoms with Gasteiger partial charge in [0.2, 0.25) is 0 Å². The maximum absolute atomic E-state index is 13.8. The normalized spacial score (nSPS) is 10.9. The third-order valence-corrected chi connectivity index (χ3v) is 4.78. The van der Waals surface area contributed by atoms with Gasteiger partial charge in [0, 0.05) is 17.8 Å². The van der Waals surface area contributed by atoms with Crippen LogP contribution in [-0.4, -0.2) is 20.6 Å². The van der Waals surface area contributed by atoms with Gasteiger partial charge in [0.25, 0.3) is 11.5 Å². The molecule has 0 aliphatic heterocycles. The van der Waals surface area contributed by atoms with E-state index < -0.39 is 28.6 Å². The first kappa shape index (κ1) is 19.6. The highest BCUT2D eigenvalue weighted by Gasteiger charge is 2.23. The number of benzene rings is 2. The molecule has 0 unspecified atom stereocenters. The van der Waals surface area contributed by atoms with Gasteiger partial charge in [0.1, 0.15) is 17.1 Å². The molecule has 0 atom stereocenters. The first-order chi connectivity index (χ1) is 14.5. The van der Waals surface area contributed by atoms with Crippen LogP contribution in [0, 0.1) is 5.82 Å². The summed E-state index contributed by atoms with van der Waals surface area (Å²) in [5, 5.41) is 14.0. The Bertz CT molecular complexity index is 1340. The number of nitrogens with zero attached hydrogens (tertiary/aromatic N) is 2. The number of pyridine rings is 2. The standard InChI is InChI=1S/C22H15ClFN3O3/c23-14-5-1-4-13(10-14)12-26-21(29)18-19(28)17-8-3-9-25-20(17)27(22(18)30)16-7-2-6-15(24)11-16/h1-11,28H,12H2,(H,26,29). The number of carbonyl (C=O) groups excluding carboxylic acids is 1. The summed E-state index contributed by atoms with van der Waals surface area (Å²) in [5.74, 6) is -1.81. The SMILES string of the molecule is O=C(NCc1cccc(Cl)c1)c1c(O)c2cccnc2n(-c2cccc(F)c2)c1=O. The van der Waals surface area contributed by atoms with Gasteiger partial charge in [-0.1, -0.05) is 29.8 Å². The van der Waals surface area contributed by atoms with Crippen molar-refractivity contribution in [2.24, 2.45) is 0 Å². The number of hydrogen-bond acceptors (Lipinski definition) is 4. The van der Waals surface area contributed by atoms with Crippen LogP contribution < -0.4 is 10.9 Å². The van der Waals surface area contributed by atoms with Crippen LogP contribution in [0.15, 0.2) is 71.7 Å². The lowest BCUT2D eigenvalue weighted by molar-refractivity contribution is 0.0946. The Hall–Kier alpha value is -3.71. The molecule has 150 valence electrons. The largest absolute Gasteiger partial charge is 0.506 e. The van der Waals surface area contributed by atoms with Gasteiger partial charge in [-0.25, -0.2) is 9.37 Å². The van der Waals surface area contributed by atoms with Gasteiger partial charge in [-0.3, -0.25) is 14.2 Å². The molecule has 0 aliphatic rings. The lowest BCUT2D eigenvalue weighted by atomic mass is 10.1. The van der Waals surface area contributed by atoms with E-state index in [1.54, 1.807) is 30.3 Å². The van der Waals surface area contributed by atoms with Crippen LogP contribution in [-0.2, 0) is 6.54 Å². The van der Waals surface area contributed by atoms with Crippen molar-refractivity contribution >= 4 is 28.5 Å². The number of aromatic nitrogens is 2. The Morgan fingerprint density at radius 2 is 1.93 bits per heavy atom. The summed E-state index contributed by atoms with van der Waals surface area (Å²) in [7, 11) is 0. The zero-order chi connectivity index (χ0) is 21.3. The molecule has 1 amide bonds. The van der Waals surface area contributed by atoms with Crippen LogP contribution in [0.25, 0.3) is 16.7 Å². The highest BCUT2D eigenvalue weighted by molar-refractivity contribution is 6.30. The fourth-order valence-electron chi connectivity index (χ4n) is 3.18. The van der Waals surface area contributed by atoms with Gasteiger partial charge in [-0.15, -0.1) is 0 Å². The van der Waals surface area contributed by atoms with Crippen molar-refractivity contribution in [2.45, 2.75) is 6.54 Å². The zero-order valence-corrected chi connectivity index (χ0v) is 16.2. The minimum atomic E-state index is -0.812. The van der Waals surface area contributed by atoms with Crippen molar-refractivity contribution in [1.82, 2.24) is 14.9 Å². The lowest BCUT2D eigenvalue weighted by Crippen LogP contribution is -2.33. The van der Waals surface area contributed by atoms with E-state index in [4.69, 9.17) is 11.6 Å². The van der Waals surface area contributed by atoms with Crippen LogP contribution in [0.1, 0.15) is 15.9 Å². The van der Waals surface area contributed by atoms with Crippen LogP contribution in [0.5, 0.6) is 5.75 Å². The summed E-state index contributed by atoms with van der Waals surface area (Å²) in [6.07, 6.45) is 1.44. The predicted octanol–water partition coefficient (Wildman–Crippen LogP) is 3.81. The van der Waals surface area contributed by atoms with Crippen molar-refractivity contribution in [2.75, 3.05) is 0 Å². The highest BCUT2D eigenvalue weighted by Crippen LogP contribution is 2.27. The third-order valence-electron chi connectivity index (χ3n) is 4.54. The number of carbonyl (C=O) groups is 1. The molecule has 4 rings (SSSR count). The van der Waals surface area contributed by atoms with Gasteiger partial charge in [0.15, 0.2) is 5.65 Å². The van der Waals surface area contributed by atoms with Crippen molar-refractivity contribution in [3.8, 4) is 11.4 Å². The van der Waals surface area contributed by atoms with Crippen molar-refractivity contribution < 1.29 is 14.3 Å². The Kier molecular flexibility index (Phi) is 5.20. The first-order valence-corrected chi connectivity index (χ1v) is 9.35. The van der Waals surface area contributed by atoms with Crippen LogP contribution in [0.2, 0.25) is 5.02 Å². The van der Waals surface area contributed by atoms with Crippen molar-refractivity contribution in [3.63, 3.8) is 0 Å². The van der Waals surface area contributed by atoms with Gasteiger partial charge in [0.05, 0.1) is 11.1 Å². The topological polar surface area (TPSA) is 84.2 Å². The Labute approximate surface area is 175 Å². The molecule has 0 bridgehead atoms.